The van der Waals surface area contributed by atoms with Gasteiger partial charge in [-0.1, -0.05) is 48.5 Å². The van der Waals surface area contributed by atoms with Crippen LogP contribution in [0.3, 0.4) is 0 Å². The fraction of sp³-hybridized carbons (Fsp3) is 0.294. The van der Waals surface area contributed by atoms with E-state index in [0.29, 0.717) is 0 Å². The Kier molecular flexibility index (Phi) is 4.69. The average Bonchev–Trinajstić information content (AvgIpc) is 2.94. The van der Waals surface area contributed by atoms with E-state index in [1.807, 2.05) is 24.3 Å². The smallest absolute Gasteiger partial charge is 0.0884 e. The number of benzene rings is 2. The summed E-state index contributed by atoms with van der Waals surface area (Å²) < 4.78 is 0. The predicted octanol–water partition coefficient (Wildman–Crippen LogP) is 3.60. The molecule has 2 aromatic rings. The third kappa shape index (κ3) is 2.41. The molecule has 0 saturated carbocycles. The van der Waals surface area contributed by atoms with Crippen LogP contribution < -0.4 is 4.90 Å². The molecule has 1 fully saturated rings. The van der Waals surface area contributed by atoms with Crippen LogP contribution in [0.1, 0.15) is 18.4 Å². The van der Waals surface area contributed by atoms with Crippen molar-refractivity contribution in [2.45, 2.75) is 18.4 Å². The molecule has 1 heterocycles. The maximum atomic E-state index is 10.1. The van der Waals surface area contributed by atoms with E-state index in [-0.39, 0.29) is 24.6 Å². The maximum absolute atomic E-state index is 10.1. The Labute approximate surface area is 126 Å². The first kappa shape index (κ1) is 14.9. The van der Waals surface area contributed by atoms with Crippen molar-refractivity contribution in [2.24, 2.45) is 0 Å². The highest BCUT2D eigenvalue weighted by Crippen LogP contribution is 2.41. The quantitative estimate of drug-likeness (QED) is 0.933. The molecule has 0 aliphatic carbocycles. The van der Waals surface area contributed by atoms with Gasteiger partial charge in [0.05, 0.1) is 12.1 Å². The topological polar surface area (TPSA) is 23.5 Å². The van der Waals surface area contributed by atoms with Crippen LogP contribution in [0.2, 0.25) is 0 Å². The molecule has 1 aliphatic heterocycles. The third-order valence-corrected chi connectivity index (χ3v) is 4.13. The van der Waals surface area contributed by atoms with Gasteiger partial charge in [0.25, 0.3) is 0 Å². The number of hydrogen-bond donors (Lipinski definition) is 1. The van der Waals surface area contributed by atoms with Gasteiger partial charge in [0.15, 0.2) is 0 Å². The SMILES string of the molecule is Cl.OC[C@@]1(c2ccccc2)CCCN1c1ccccc1. The molecule has 0 unspecified atom stereocenters. The van der Waals surface area contributed by atoms with Gasteiger partial charge in [0.1, 0.15) is 0 Å². The lowest BCUT2D eigenvalue weighted by molar-refractivity contribution is 0.198. The molecule has 1 atom stereocenters. The standard InChI is InChI=1S/C17H19NO.ClH/c19-14-17(15-8-3-1-4-9-15)12-7-13-18(17)16-10-5-2-6-11-16;/h1-6,8-11,19H,7,12-14H2;1H/t17-;/m1./s1. The lowest BCUT2D eigenvalue weighted by Gasteiger charge is -2.39. The van der Waals surface area contributed by atoms with Crippen molar-refractivity contribution in [3.8, 4) is 0 Å². The summed E-state index contributed by atoms with van der Waals surface area (Å²) in [6.07, 6.45) is 2.12. The summed E-state index contributed by atoms with van der Waals surface area (Å²) in [4.78, 5) is 2.35. The molecule has 0 amide bonds. The van der Waals surface area contributed by atoms with Crippen molar-refractivity contribution in [3.63, 3.8) is 0 Å². The van der Waals surface area contributed by atoms with Crippen LogP contribution in [0.5, 0.6) is 0 Å². The van der Waals surface area contributed by atoms with Crippen LogP contribution >= 0.6 is 12.4 Å². The maximum Gasteiger partial charge on any atom is 0.0884 e. The lowest BCUT2D eigenvalue weighted by atomic mass is 9.87. The van der Waals surface area contributed by atoms with Gasteiger partial charge in [-0.25, -0.2) is 0 Å². The molecule has 1 N–H and O–H groups in total. The number of nitrogens with zero attached hydrogens (tertiary/aromatic N) is 1. The van der Waals surface area contributed by atoms with E-state index < -0.39 is 0 Å². The molecule has 2 nitrogen and oxygen atoms in total. The number of rotatable bonds is 3. The van der Waals surface area contributed by atoms with Gasteiger partial charge >= 0.3 is 0 Å². The number of halogens is 1. The molecule has 3 rings (SSSR count). The third-order valence-electron chi connectivity index (χ3n) is 4.13. The molecular weight excluding hydrogens is 270 g/mol. The summed E-state index contributed by atoms with van der Waals surface area (Å²) in [5.74, 6) is 0. The molecular formula is C17H20ClNO. The van der Waals surface area contributed by atoms with E-state index in [9.17, 15) is 5.11 Å². The second-order valence-electron chi connectivity index (χ2n) is 5.15. The van der Waals surface area contributed by atoms with Gasteiger partial charge in [-0.05, 0) is 30.5 Å². The van der Waals surface area contributed by atoms with Gasteiger partial charge in [-0.15, -0.1) is 12.4 Å². The van der Waals surface area contributed by atoms with Crippen LogP contribution in [-0.2, 0) is 5.54 Å². The summed E-state index contributed by atoms with van der Waals surface area (Å²) >= 11 is 0. The molecule has 0 spiro atoms. The summed E-state index contributed by atoms with van der Waals surface area (Å²) in [5.41, 5.74) is 2.14. The number of aliphatic hydroxyl groups excluding tert-OH is 1. The van der Waals surface area contributed by atoms with Crippen molar-refractivity contribution in [3.05, 3.63) is 66.2 Å². The normalized spacial score (nSPS) is 21.6. The van der Waals surface area contributed by atoms with Crippen LogP contribution in [0, 0.1) is 0 Å². The summed E-state index contributed by atoms with van der Waals surface area (Å²) in [6, 6.07) is 20.8. The van der Waals surface area contributed by atoms with E-state index in [1.54, 1.807) is 0 Å². The average molecular weight is 290 g/mol. The molecule has 3 heteroatoms. The predicted molar refractivity (Wildman–Crippen MR) is 85.5 cm³/mol. The zero-order valence-electron chi connectivity index (χ0n) is 11.4. The van der Waals surface area contributed by atoms with Gasteiger partial charge in [0.2, 0.25) is 0 Å². The molecule has 1 aliphatic rings. The van der Waals surface area contributed by atoms with Crippen LogP contribution in [0.25, 0.3) is 0 Å². The summed E-state index contributed by atoms with van der Waals surface area (Å²) in [6.45, 7) is 1.16. The fourth-order valence-corrected chi connectivity index (χ4v) is 3.17. The minimum atomic E-state index is -0.261. The second-order valence-corrected chi connectivity index (χ2v) is 5.15. The molecule has 0 radical (unpaired) electrons. The molecule has 0 aromatic heterocycles. The highest BCUT2D eigenvalue weighted by molar-refractivity contribution is 5.85. The highest BCUT2D eigenvalue weighted by Gasteiger charge is 2.41. The Morgan fingerprint density at radius 2 is 1.55 bits per heavy atom. The molecule has 2 aromatic carbocycles. The number of para-hydroxylation sites is 1. The van der Waals surface area contributed by atoms with Crippen molar-refractivity contribution in [1.82, 2.24) is 0 Å². The van der Waals surface area contributed by atoms with E-state index >= 15 is 0 Å². The first-order valence-electron chi connectivity index (χ1n) is 6.86. The van der Waals surface area contributed by atoms with Crippen LogP contribution in [0.4, 0.5) is 5.69 Å². The molecule has 1 saturated heterocycles. The van der Waals surface area contributed by atoms with Crippen molar-refractivity contribution < 1.29 is 5.11 Å². The van der Waals surface area contributed by atoms with Crippen LogP contribution in [-0.4, -0.2) is 18.3 Å². The molecule has 106 valence electrons. The van der Waals surface area contributed by atoms with E-state index in [4.69, 9.17) is 0 Å². The zero-order valence-corrected chi connectivity index (χ0v) is 12.2. The minimum absolute atomic E-state index is 0. The Hall–Kier alpha value is -1.51. The van der Waals surface area contributed by atoms with Crippen LogP contribution in [0.15, 0.2) is 60.7 Å². The summed E-state index contributed by atoms with van der Waals surface area (Å²) in [7, 11) is 0. The van der Waals surface area contributed by atoms with E-state index in [2.05, 4.69) is 41.3 Å². The summed E-state index contributed by atoms with van der Waals surface area (Å²) in [5, 5.41) is 10.1. The van der Waals surface area contributed by atoms with Gasteiger partial charge in [0, 0.05) is 12.2 Å². The molecule has 20 heavy (non-hydrogen) atoms. The van der Waals surface area contributed by atoms with E-state index in [1.165, 1.54) is 11.3 Å². The van der Waals surface area contributed by atoms with E-state index in [0.717, 1.165) is 19.4 Å². The number of hydrogen-bond acceptors (Lipinski definition) is 2. The Balaban J connectivity index is 0.00000147. The zero-order chi connectivity index (χ0) is 13.1. The van der Waals surface area contributed by atoms with Gasteiger partial charge in [-0.2, -0.15) is 0 Å². The number of aliphatic hydroxyl groups is 1. The van der Waals surface area contributed by atoms with Crippen molar-refractivity contribution in [2.75, 3.05) is 18.1 Å². The monoisotopic (exact) mass is 289 g/mol. The first-order valence-corrected chi connectivity index (χ1v) is 6.86. The Morgan fingerprint density at radius 1 is 0.950 bits per heavy atom. The minimum Gasteiger partial charge on any atom is -0.394 e. The van der Waals surface area contributed by atoms with Gasteiger partial charge in [-0.3, -0.25) is 0 Å². The van der Waals surface area contributed by atoms with Crippen molar-refractivity contribution in [1.29, 1.82) is 0 Å². The Morgan fingerprint density at radius 3 is 2.15 bits per heavy atom. The Bertz CT molecular complexity index is 531. The second kappa shape index (κ2) is 6.29. The molecule has 0 bridgehead atoms. The number of anilines is 1. The van der Waals surface area contributed by atoms with Gasteiger partial charge < -0.3 is 10.0 Å². The first-order chi connectivity index (χ1) is 9.37. The highest BCUT2D eigenvalue weighted by atomic mass is 35.5. The van der Waals surface area contributed by atoms with Crippen molar-refractivity contribution >= 4 is 18.1 Å². The lowest BCUT2D eigenvalue weighted by Crippen LogP contribution is -2.44. The largest absolute Gasteiger partial charge is 0.394 e. The fourth-order valence-electron chi connectivity index (χ4n) is 3.17.